The van der Waals surface area contributed by atoms with E-state index < -0.39 is 0 Å². The van der Waals surface area contributed by atoms with Crippen LogP contribution >= 0.6 is 0 Å². The van der Waals surface area contributed by atoms with Crippen LogP contribution in [-0.2, 0) is 14.4 Å². The summed E-state index contributed by atoms with van der Waals surface area (Å²) in [5, 5.41) is 7.08. The van der Waals surface area contributed by atoms with Crippen molar-refractivity contribution in [2.75, 3.05) is 18.4 Å². The second-order valence-electron chi connectivity index (χ2n) is 8.83. The van der Waals surface area contributed by atoms with Crippen LogP contribution in [-0.4, -0.2) is 41.4 Å². The van der Waals surface area contributed by atoms with E-state index in [1.165, 1.54) is 5.56 Å². The fraction of sp³-hybridized carbons (Fsp3) is 0.385. The van der Waals surface area contributed by atoms with E-state index in [1.54, 1.807) is 4.90 Å². The fourth-order valence-corrected chi connectivity index (χ4v) is 4.36. The van der Waals surface area contributed by atoms with Crippen LogP contribution in [0.5, 0.6) is 0 Å². The topological polar surface area (TPSA) is 90.9 Å². The smallest absolute Gasteiger partial charge is 0.240 e. The number of nitrogens with one attached hydrogen (secondary N) is 2. The number of likely N-dealkylation sites (tertiary alicyclic amines) is 1. The Morgan fingerprint density at radius 3 is 2.67 bits per heavy atom. The number of rotatable bonds is 6. The molecule has 0 aliphatic carbocycles. The quantitative estimate of drug-likeness (QED) is 0.705. The molecule has 1 unspecified atom stereocenters. The highest BCUT2D eigenvalue weighted by Crippen LogP contribution is 2.25. The summed E-state index contributed by atoms with van der Waals surface area (Å²) in [6.45, 7) is 3.17. The molecule has 2 heterocycles. The van der Waals surface area contributed by atoms with Crippen molar-refractivity contribution in [2.45, 2.75) is 45.4 Å². The molecular formula is C26H30N4O3. The number of carbonyl (C=O) groups excluding carboxylic acids is 3. The Bertz CT molecular complexity index is 1080. The van der Waals surface area contributed by atoms with Gasteiger partial charge in [-0.15, -0.1) is 0 Å². The second kappa shape index (κ2) is 10.4. The normalized spacial score (nSPS) is 18.3. The molecule has 0 saturated carbocycles. The summed E-state index contributed by atoms with van der Waals surface area (Å²) in [6.07, 6.45) is 3.49. The molecular weight excluding hydrogens is 416 g/mol. The van der Waals surface area contributed by atoms with Crippen LogP contribution in [0.15, 0.2) is 53.6 Å². The SMILES string of the molecule is Cc1cccc(-c2cccc(NC(=O)C3CCCN(C(=O)CCC4=NNC(=O)CC4)C3)c2)c1. The van der Waals surface area contributed by atoms with Gasteiger partial charge in [-0.25, -0.2) is 5.43 Å². The number of nitrogens with zero attached hydrogens (tertiary/aromatic N) is 2. The third-order valence-corrected chi connectivity index (χ3v) is 6.23. The first-order valence-corrected chi connectivity index (χ1v) is 11.6. The Morgan fingerprint density at radius 1 is 1.12 bits per heavy atom. The Morgan fingerprint density at radius 2 is 1.91 bits per heavy atom. The predicted octanol–water partition coefficient (Wildman–Crippen LogP) is 3.89. The lowest BCUT2D eigenvalue weighted by molar-refractivity contribution is -0.134. The average molecular weight is 447 g/mol. The van der Waals surface area contributed by atoms with E-state index in [0.29, 0.717) is 38.8 Å². The highest BCUT2D eigenvalue weighted by Gasteiger charge is 2.28. The van der Waals surface area contributed by atoms with Crippen molar-refractivity contribution in [3.05, 3.63) is 54.1 Å². The molecule has 0 bridgehead atoms. The molecule has 1 fully saturated rings. The van der Waals surface area contributed by atoms with E-state index in [-0.39, 0.29) is 23.6 Å². The van der Waals surface area contributed by atoms with Gasteiger partial charge >= 0.3 is 0 Å². The van der Waals surface area contributed by atoms with Crippen molar-refractivity contribution >= 4 is 29.1 Å². The molecule has 4 rings (SSSR count). The van der Waals surface area contributed by atoms with Crippen LogP contribution in [0.3, 0.4) is 0 Å². The van der Waals surface area contributed by atoms with Gasteiger partial charge < -0.3 is 10.2 Å². The molecule has 33 heavy (non-hydrogen) atoms. The van der Waals surface area contributed by atoms with Crippen LogP contribution in [0.4, 0.5) is 5.69 Å². The Labute approximate surface area is 194 Å². The summed E-state index contributed by atoms with van der Waals surface area (Å²) in [4.78, 5) is 38.7. The standard InChI is InChI=1S/C26H30N4O3/c1-18-5-2-6-19(15-18)20-7-3-9-23(16-20)27-26(33)21-8-4-14-30(17-21)25(32)13-11-22-10-12-24(31)29-28-22/h2-3,5-7,9,15-16,21H,4,8,10-14,17H2,1H3,(H,27,33)(H,29,31). The lowest BCUT2D eigenvalue weighted by Gasteiger charge is -2.32. The zero-order valence-electron chi connectivity index (χ0n) is 19.0. The minimum atomic E-state index is -0.225. The third-order valence-electron chi connectivity index (χ3n) is 6.23. The lowest BCUT2D eigenvalue weighted by atomic mass is 9.96. The zero-order valence-corrected chi connectivity index (χ0v) is 19.0. The number of hydrazone groups is 1. The minimum Gasteiger partial charge on any atom is -0.342 e. The largest absolute Gasteiger partial charge is 0.342 e. The van der Waals surface area contributed by atoms with Gasteiger partial charge in [0.05, 0.1) is 5.92 Å². The molecule has 0 aromatic heterocycles. The van der Waals surface area contributed by atoms with E-state index in [9.17, 15) is 14.4 Å². The maximum absolute atomic E-state index is 13.0. The van der Waals surface area contributed by atoms with Crippen molar-refractivity contribution in [2.24, 2.45) is 11.0 Å². The molecule has 0 spiro atoms. The van der Waals surface area contributed by atoms with Gasteiger partial charge in [0.25, 0.3) is 0 Å². The van der Waals surface area contributed by atoms with Crippen molar-refractivity contribution in [1.29, 1.82) is 0 Å². The number of piperidine rings is 1. The van der Waals surface area contributed by atoms with E-state index in [4.69, 9.17) is 0 Å². The summed E-state index contributed by atoms with van der Waals surface area (Å²) in [5.41, 5.74) is 7.44. The van der Waals surface area contributed by atoms with Crippen molar-refractivity contribution in [3.8, 4) is 11.1 Å². The average Bonchev–Trinajstić information content (AvgIpc) is 2.84. The molecule has 1 atom stereocenters. The first-order chi connectivity index (χ1) is 16.0. The van der Waals surface area contributed by atoms with E-state index in [0.717, 1.165) is 35.4 Å². The number of hydrogen-bond acceptors (Lipinski definition) is 4. The molecule has 3 amide bonds. The minimum absolute atomic E-state index is 0.0357. The van der Waals surface area contributed by atoms with Crippen LogP contribution < -0.4 is 10.7 Å². The molecule has 0 radical (unpaired) electrons. The molecule has 2 aromatic rings. The molecule has 7 heteroatoms. The third kappa shape index (κ3) is 6.06. The maximum atomic E-state index is 13.0. The first kappa shape index (κ1) is 22.7. The molecule has 172 valence electrons. The Hall–Kier alpha value is -3.48. The fourth-order valence-electron chi connectivity index (χ4n) is 4.36. The number of hydrogen-bond donors (Lipinski definition) is 2. The van der Waals surface area contributed by atoms with Crippen LogP contribution in [0.1, 0.15) is 44.1 Å². The molecule has 2 aliphatic rings. The number of anilines is 1. The van der Waals surface area contributed by atoms with Gasteiger partial charge in [-0.2, -0.15) is 5.10 Å². The number of amides is 3. The monoisotopic (exact) mass is 446 g/mol. The summed E-state index contributed by atoms with van der Waals surface area (Å²) in [5.74, 6) is -0.321. The summed E-state index contributed by atoms with van der Waals surface area (Å²) in [7, 11) is 0. The predicted molar refractivity (Wildman–Crippen MR) is 129 cm³/mol. The molecule has 2 aromatic carbocycles. The van der Waals surface area contributed by atoms with Crippen LogP contribution in [0.25, 0.3) is 11.1 Å². The molecule has 1 saturated heterocycles. The van der Waals surface area contributed by atoms with Crippen molar-refractivity contribution < 1.29 is 14.4 Å². The van der Waals surface area contributed by atoms with Gasteiger partial charge in [-0.3, -0.25) is 14.4 Å². The number of aryl methyl sites for hydroxylation is 1. The Balaban J connectivity index is 1.33. The maximum Gasteiger partial charge on any atom is 0.240 e. The van der Waals surface area contributed by atoms with Crippen LogP contribution in [0.2, 0.25) is 0 Å². The first-order valence-electron chi connectivity index (χ1n) is 11.6. The second-order valence-corrected chi connectivity index (χ2v) is 8.83. The van der Waals surface area contributed by atoms with Crippen molar-refractivity contribution in [3.63, 3.8) is 0 Å². The van der Waals surface area contributed by atoms with E-state index >= 15 is 0 Å². The van der Waals surface area contributed by atoms with Gasteiger partial charge in [0.1, 0.15) is 0 Å². The number of benzene rings is 2. The van der Waals surface area contributed by atoms with E-state index in [2.05, 4.69) is 41.0 Å². The lowest BCUT2D eigenvalue weighted by Crippen LogP contribution is -2.43. The Kier molecular flexibility index (Phi) is 7.17. The summed E-state index contributed by atoms with van der Waals surface area (Å²) in [6, 6.07) is 16.1. The van der Waals surface area contributed by atoms with Crippen molar-refractivity contribution in [1.82, 2.24) is 10.3 Å². The highest BCUT2D eigenvalue weighted by atomic mass is 16.2. The van der Waals surface area contributed by atoms with Gasteiger partial charge in [0.2, 0.25) is 17.7 Å². The highest BCUT2D eigenvalue weighted by molar-refractivity contribution is 5.95. The molecule has 2 aliphatic heterocycles. The van der Waals surface area contributed by atoms with Gasteiger partial charge in [-0.1, -0.05) is 42.0 Å². The van der Waals surface area contributed by atoms with Gasteiger partial charge in [0, 0.05) is 37.3 Å². The molecule has 7 nitrogen and oxygen atoms in total. The summed E-state index contributed by atoms with van der Waals surface area (Å²) < 4.78 is 0. The zero-order chi connectivity index (χ0) is 23.2. The molecule has 2 N–H and O–H groups in total. The number of carbonyl (C=O) groups is 3. The summed E-state index contributed by atoms with van der Waals surface area (Å²) >= 11 is 0. The van der Waals surface area contributed by atoms with E-state index in [1.807, 2.05) is 30.3 Å². The van der Waals surface area contributed by atoms with Gasteiger partial charge in [-0.05, 0) is 55.9 Å². The van der Waals surface area contributed by atoms with Gasteiger partial charge in [0.15, 0.2) is 0 Å². The van der Waals surface area contributed by atoms with Crippen LogP contribution in [0, 0.1) is 12.8 Å².